The van der Waals surface area contributed by atoms with Gasteiger partial charge < -0.3 is 9.64 Å². The average molecular weight is 213 g/mol. The molecule has 6 heteroatoms. The van der Waals surface area contributed by atoms with E-state index in [1.165, 1.54) is 5.01 Å². The van der Waals surface area contributed by atoms with Gasteiger partial charge in [-0.05, 0) is 12.8 Å². The van der Waals surface area contributed by atoms with Crippen LogP contribution in [-0.4, -0.2) is 54.7 Å². The summed E-state index contributed by atoms with van der Waals surface area (Å²) in [5.41, 5.74) is 0. The van der Waals surface area contributed by atoms with E-state index in [1.807, 2.05) is 0 Å². The molecule has 0 aromatic rings. The lowest BCUT2D eigenvalue weighted by Gasteiger charge is -2.32. The van der Waals surface area contributed by atoms with Crippen LogP contribution < -0.4 is 0 Å². The Labute approximate surface area is 88.1 Å². The number of hydrogen-bond acceptors (Lipinski definition) is 4. The van der Waals surface area contributed by atoms with E-state index in [9.17, 15) is 9.70 Å². The summed E-state index contributed by atoms with van der Waals surface area (Å²) in [6.45, 7) is 2.89. The zero-order valence-electron chi connectivity index (χ0n) is 8.59. The molecule has 2 rings (SSSR count). The molecule has 1 unspecified atom stereocenters. The van der Waals surface area contributed by atoms with Gasteiger partial charge in [0, 0.05) is 19.7 Å². The number of piperazine rings is 1. The van der Waals surface area contributed by atoms with Crippen LogP contribution in [0.15, 0.2) is 5.29 Å². The fourth-order valence-electron chi connectivity index (χ4n) is 1.97. The number of hydrogen-bond donors (Lipinski definition) is 0. The Kier molecular flexibility index (Phi) is 3.15. The van der Waals surface area contributed by atoms with Gasteiger partial charge in [0.2, 0.25) is 0 Å². The molecule has 2 aliphatic heterocycles. The van der Waals surface area contributed by atoms with Crippen LogP contribution in [0.4, 0.5) is 0 Å². The summed E-state index contributed by atoms with van der Waals surface area (Å²) in [6.07, 6.45) is 1.54. The number of rotatable bonds is 2. The molecule has 0 aromatic carbocycles. The maximum Gasteiger partial charge on any atom is 0.251 e. The first kappa shape index (κ1) is 10.4. The molecule has 0 aliphatic carbocycles. The third kappa shape index (κ3) is 2.26. The van der Waals surface area contributed by atoms with Crippen LogP contribution in [0.2, 0.25) is 0 Å². The van der Waals surface area contributed by atoms with Gasteiger partial charge in [0.15, 0.2) is 0 Å². The summed E-state index contributed by atoms with van der Waals surface area (Å²) >= 11 is 0. The van der Waals surface area contributed by atoms with Gasteiger partial charge in [-0.1, -0.05) is 0 Å². The van der Waals surface area contributed by atoms with Gasteiger partial charge in [-0.25, -0.2) is 0 Å². The molecular weight excluding hydrogens is 198 g/mol. The molecule has 0 radical (unpaired) electrons. The molecular formula is C9H15N3O3. The molecule has 2 heterocycles. The second-order valence-electron chi connectivity index (χ2n) is 3.86. The highest BCUT2D eigenvalue weighted by Crippen LogP contribution is 2.15. The minimum Gasteiger partial charge on any atom is -0.368 e. The van der Waals surface area contributed by atoms with Crippen molar-refractivity contribution in [3.05, 3.63) is 4.91 Å². The highest BCUT2D eigenvalue weighted by Gasteiger charge is 2.30. The van der Waals surface area contributed by atoms with Gasteiger partial charge in [-0.3, -0.25) is 9.80 Å². The molecule has 2 saturated heterocycles. The van der Waals surface area contributed by atoms with E-state index in [-0.39, 0.29) is 12.0 Å². The summed E-state index contributed by atoms with van der Waals surface area (Å²) in [5, 5.41) is 4.30. The van der Waals surface area contributed by atoms with E-state index in [0.717, 1.165) is 12.8 Å². The monoisotopic (exact) mass is 213 g/mol. The minimum atomic E-state index is -0.249. The van der Waals surface area contributed by atoms with E-state index in [4.69, 9.17) is 4.74 Å². The summed E-state index contributed by atoms with van der Waals surface area (Å²) < 4.78 is 5.33. The second kappa shape index (κ2) is 4.57. The Morgan fingerprint density at radius 3 is 2.53 bits per heavy atom. The molecule has 6 nitrogen and oxygen atoms in total. The summed E-state index contributed by atoms with van der Waals surface area (Å²) in [6, 6.07) is 0. The van der Waals surface area contributed by atoms with Gasteiger partial charge in [-0.15, -0.1) is 4.91 Å². The van der Waals surface area contributed by atoms with Crippen molar-refractivity contribution in [1.82, 2.24) is 9.91 Å². The van der Waals surface area contributed by atoms with Crippen LogP contribution in [0.3, 0.4) is 0 Å². The number of carbonyl (C=O) groups excluding carboxylic acids is 1. The number of ether oxygens (including phenoxy) is 1. The van der Waals surface area contributed by atoms with Crippen molar-refractivity contribution in [3.63, 3.8) is 0 Å². The Bertz CT molecular complexity index is 245. The van der Waals surface area contributed by atoms with Crippen LogP contribution in [0, 0.1) is 4.91 Å². The van der Waals surface area contributed by atoms with Gasteiger partial charge in [-0.2, -0.15) is 0 Å². The topological polar surface area (TPSA) is 62.2 Å². The minimum absolute atomic E-state index is 0.0676. The second-order valence-corrected chi connectivity index (χ2v) is 3.86. The Hall–Kier alpha value is -1.17. The Morgan fingerprint density at radius 1 is 1.27 bits per heavy atom. The van der Waals surface area contributed by atoms with E-state index < -0.39 is 0 Å². The van der Waals surface area contributed by atoms with Gasteiger partial charge in [0.25, 0.3) is 5.91 Å². The molecule has 0 spiro atoms. The predicted octanol–water partition coefficient (Wildman–Crippen LogP) is -0.00900. The molecule has 15 heavy (non-hydrogen) atoms. The lowest BCUT2D eigenvalue weighted by atomic mass is 10.2. The molecule has 0 aromatic heterocycles. The van der Waals surface area contributed by atoms with Crippen LogP contribution >= 0.6 is 0 Å². The van der Waals surface area contributed by atoms with Crippen LogP contribution in [0.25, 0.3) is 0 Å². The third-order valence-corrected chi connectivity index (χ3v) is 2.89. The number of amides is 1. The zero-order chi connectivity index (χ0) is 10.7. The lowest BCUT2D eigenvalue weighted by molar-refractivity contribution is -0.142. The van der Waals surface area contributed by atoms with Crippen molar-refractivity contribution in [2.45, 2.75) is 18.9 Å². The number of nitroso groups, excluding NO2 is 1. The normalized spacial score (nSPS) is 26.8. The van der Waals surface area contributed by atoms with Crippen molar-refractivity contribution in [3.8, 4) is 0 Å². The van der Waals surface area contributed by atoms with Crippen molar-refractivity contribution in [1.29, 1.82) is 0 Å². The highest BCUT2D eigenvalue weighted by atomic mass is 16.5. The molecule has 0 bridgehead atoms. The molecule has 0 N–H and O–H groups in total. The molecule has 1 atom stereocenters. The van der Waals surface area contributed by atoms with Crippen LogP contribution in [-0.2, 0) is 9.53 Å². The van der Waals surface area contributed by atoms with E-state index in [1.54, 1.807) is 4.90 Å². The molecule has 0 saturated carbocycles. The van der Waals surface area contributed by atoms with Crippen LogP contribution in [0.5, 0.6) is 0 Å². The molecule has 2 aliphatic rings. The summed E-state index contributed by atoms with van der Waals surface area (Å²) in [7, 11) is 0. The maximum absolute atomic E-state index is 11.9. The van der Waals surface area contributed by atoms with Crippen molar-refractivity contribution in [2.75, 3.05) is 32.8 Å². The SMILES string of the molecule is O=NN1CCN(C(=O)C2CCCO2)CC1. The first-order chi connectivity index (χ1) is 7.31. The van der Waals surface area contributed by atoms with E-state index >= 15 is 0 Å². The zero-order valence-corrected chi connectivity index (χ0v) is 8.59. The Morgan fingerprint density at radius 2 is 2.00 bits per heavy atom. The molecule has 1 amide bonds. The maximum atomic E-state index is 11.9. The quantitative estimate of drug-likeness (QED) is 0.605. The predicted molar refractivity (Wildman–Crippen MR) is 52.9 cm³/mol. The average Bonchev–Trinajstić information content (AvgIpc) is 2.82. The van der Waals surface area contributed by atoms with Crippen molar-refractivity contribution < 1.29 is 9.53 Å². The number of nitrogens with zero attached hydrogens (tertiary/aromatic N) is 3. The molecule has 2 fully saturated rings. The molecule has 84 valence electrons. The number of carbonyl (C=O) groups is 1. The van der Waals surface area contributed by atoms with Crippen molar-refractivity contribution in [2.24, 2.45) is 5.29 Å². The lowest BCUT2D eigenvalue weighted by Crippen LogP contribution is -2.49. The van der Waals surface area contributed by atoms with E-state index in [2.05, 4.69) is 5.29 Å². The van der Waals surface area contributed by atoms with Gasteiger partial charge >= 0.3 is 0 Å². The fourth-order valence-corrected chi connectivity index (χ4v) is 1.97. The Balaban J connectivity index is 1.84. The summed E-state index contributed by atoms with van der Waals surface area (Å²) in [4.78, 5) is 23.9. The fraction of sp³-hybridized carbons (Fsp3) is 0.889. The highest BCUT2D eigenvalue weighted by molar-refractivity contribution is 5.81. The summed E-state index contributed by atoms with van der Waals surface area (Å²) in [5.74, 6) is 0.0676. The van der Waals surface area contributed by atoms with Gasteiger partial charge in [0.05, 0.1) is 18.4 Å². The smallest absolute Gasteiger partial charge is 0.251 e. The first-order valence-corrected chi connectivity index (χ1v) is 5.30. The largest absolute Gasteiger partial charge is 0.368 e. The van der Waals surface area contributed by atoms with E-state index in [0.29, 0.717) is 32.8 Å². The van der Waals surface area contributed by atoms with Gasteiger partial charge in [0.1, 0.15) is 6.10 Å². The van der Waals surface area contributed by atoms with Crippen molar-refractivity contribution >= 4 is 5.91 Å². The third-order valence-electron chi connectivity index (χ3n) is 2.89. The first-order valence-electron chi connectivity index (χ1n) is 5.30. The standard InChI is InChI=1S/C9H15N3O3/c13-9(8-2-1-7-15-8)11-3-5-12(10-14)6-4-11/h8H,1-7H2. The van der Waals surface area contributed by atoms with Crippen LogP contribution in [0.1, 0.15) is 12.8 Å².